The second kappa shape index (κ2) is 11.2. The van der Waals surface area contributed by atoms with Gasteiger partial charge in [0.25, 0.3) is 0 Å². The van der Waals surface area contributed by atoms with Crippen molar-refractivity contribution >= 4 is 36.4 Å². The molecule has 27 heavy (non-hydrogen) atoms. The first-order chi connectivity index (χ1) is 12.1. The van der Waals surface area contributed by atoms with Crippen LogP contribution in [0.2, 0.25) is 0 Å². The van der Waals surface area contributed by atoms with Gasteiger partial charge in [0.15, 0.2) is 0 Å². The fraction of sp³-hybridized carbons (Fsp3) is 0.632. The average molecular weight is 419 g/mol. The smallest absolute Gasteiger partial charge is 0.238 e. The Kier molecular flexibility index (Phi) is 10.0. The summed E-state index contributed by atoms with van der Waals surface area (Å²) in [6.07, 6.45) is 1.06. The van der Waals surface area contributed by atoms with E-state index in [4.69, 9.17) is 10.5 Å². The number of halogens is 2. The molecule has 154 valence electrons. The molecule has 1 unspecified atom stereocenters. The van der Waals surface area contributed by atoms with E-state index in [9.17, 15) is 4.79 Å². The quantitative estimate of drug-likeness (QED) is 0.738. The molecule has 2 saturated heterocycles. The largest absolute Gasteiger partial charge is 0.379 e. The molecule has 3 N–H and O–H groups in total. The van der Waals surface area contributed by atoms with E-state index in [1.807, 2.05) is 12.1 Å². The molecule has 6 nitrogen and oxygen atoms in total. The van der Waals surface area contributed by atoms with Gasteiger partial charge in [-0.3, -0.25) is 14.6 Å². The Bertz CT molecular complexity index is 582. The van der Waals surface area contributed by atoms with Crippen LogP contribution >= 0.6 is 24.8 Å². The fourth-order valence-corrected chi connectivity index (χ4v) is 3.54. The van der Waals surface area contributed by atoms with Gasteiger partial charge in [0.05, 0.1) is 19.8 Å². The Morgan fingerprint density at radius 1 is 1.15 bits per heavy atom. The van der Waals surface area contributed by atoms with Crippen molar-refractivity contribution < 1.29 is 9.53 Å². The van der Waals surface area contributed by atoms with Crippen molar-refractivity contribution in [2.45, 2.75) is 19.9 Å². The van der Waals surface area contributed by atoms with Gasteiger partial charge < -0.3 is 15.8 Å². The summed E-state index contributed by atoms with van der Waals surface area (Å²) in [6, 6.07) is 8.15. The Morgan fingerprint density at radius 3 is 2.41 bits per heavy atom. The maximum absolute atomic E-state index is 12.3. The molecule has 0 saturated carbocycles. The van der Waals surface area contributed by atoms with E-state index < -0.39 is 0 Å². The van der Waals surface area contributed by atoms with Crippen LogP contribution in [0, 0.1) is 5.41 Å². The molecule has 1 atom stereocenters. The number of ether oxygens (including phenoxy) is 1. The maximum atomic E-state index is 12.3. The van der Waals surface area contributed by atoms with Crippen LogP contribution in [0.25, 0.3) is 0 Å². The molecular weight excluding hydrogens is 387 g/mol. The van der Waals surface area contributed by atoms with Gasteiger partial charge in [-0.25, -0.2) is 0 Å². The van der Waals surface area contributed by atoms with E-state index in [0.717, 1.165) is 58.0 Å². The summed E-state index contributed by atoms with van der Waals surface area (Å²) in [4.78, 5) is 16.8. The molecule has 1 amide bonds. The molecule has 2 aliphatic rings. The predicted molar refractivity (Wildman–Crippen MR) is 114 cm³/mol. The standard InChI is InChI=1S/C19H30N4O2.2ClH/c1-19(14-20)6-7-23(15-19)13-18(24)21-17-4-2-16(3-5-17)12-22-8-10-25-11-9-22;;/h2-5H,6-15,20H2,1H3,(H,21,24);2*1H. The maximum Gasteiger partial charge on any atom is 0.238 e. The zero-order chi connectivity index (χ0) is 17.7. The third-order valence-corrected chi connectivity index (χ3v) is 5.24. The SMILES string of the molecule is CC1(CN)CCN(CC(=O)Nc2ccc(CN3CCOCC3)cc2)C1.Cl.Cl. The number of nitrogens with one attached hydrogen (secondary N) is 1. The van der Waals surface area contributed by atoms with Gasteiger partial charge in [-0.2, -0.15) is 0 Å². The summed E-state index contributed by atoms with van der Waals surface area (Å²) in [5.41, 5.74) is 8.10. The first-order valence-corrected chi connectivity index (χ1v) is 9.18. The van der Waals surface area contributed by atoms with Crippen molar-refractivity contribution in [3.63, 3.8) is 0 Å². The molecule has 0 aliphatic carbocycles. The monoisotopic (exact) mass is 418 g/mol. The van der Waals surface area contributed by atoms with Gasteiger partial charge in [0.2, 0.25) is 5.91 Å². The minimum absolute atomic E-state index is 0. The molecule has 2 aliphatic heterocycles. The van der Waals surface area contributed by atoms with Gasteiger partial charge in [-0.05, 0) is 42.6 Å². The van der Waals surface area contributed by atoms with Gasteiger partial charge in [-0.1, -0.05) is 19.1 Å². The number of carbonyl (C=O) groups is 1. The van der Waals surface area contributed by atoms with E-state index >= 15 is 0 Å². The fourth-order valence-electron chi connectivity index (χ4n) is 3.54. The molecule has 0 radical (unpaired) electrons. The van der Waals surface area contributed by atoms with E-state index in [1.165, 1.54) is 5.56 Å². The van der Waals surface area contributed by atoms with E-state index in [0.29, 0.717) is 13.1 Å². The molecular formula is C19H32Cl2N4O2. The summed E-state index contributed by atoms with van der Waals surface area (Å²) in [5.74, 6) is 0.0437. The van der Waals surface area contributed by atoms with E-state index in [2.05, 4.69) is 34.2 Å². The number of rotatable bonds is 6. The van der Waals surface area contributed by atoms with Crippen molar-refractivity contribution in [2.75, 3.05) is 57.8 Å². The predicted octanol–water partition coefficient (Wildman–Crippen LogP) is 1.97. The lowest BCUT2D eigenvalue weighted by Crippen LogP contribution is -2.35. The van der Waals surface area contributed by atoms with Crippen molar-refractivity contribution in [3.05, 3.63) is 29.8 Å². The van der Waals surface area contributed by atoms with Crippen molar-refractivity contribution in [3.8, 4) is 0 Å². The molecule has 0 aromatic heterocycles. The average Bonchev–Trinajstić information content (AvgIpc) is 2.99. The van der Waals surface area contributed by atoms with Crippen molar-refractivity contribution in [2.24, 2.45) is 11.1 Å². The van der Waals surface area contributed by atoms with Gasteiger partial charge >= 0.3 is 0 Å². The number of hydrogen-bond donors (Lipinski definition) is 2. The number of benzene rings is 1. The van der Waals surface area contributed by atoms with Crippen LogP contribution in [0.3, 0.4) is 0 Å². The number of morpholine rings is 1. The Morgan fingerprint density at radius 2 is 1.81 bits per heavy atom. The highest BCUT2D eigenvalue weighted by molar-refractivity contribution is 5.92. The van der Waals surface area contributed by atoms with Crippen LogP contribution in [0.5, 0.6) is 0 Å². The third-order valence-electron chi connectivity index (χ3n) is 5.24. The van der Waals surface area contributed by atoms with Crippen molar-refractivity contribution in [1.29, 1.82) is 0 Å². The molecule has 0 bridgehead atoms. The lowest BCUT2D eigenvalue weighted by molar-refractivity contribution is -0.117. The zero-order valence-corrected chi connectivity index (χ0v) is 17.6. The first kappa shape index (κ1) is 24.1. The summed E-state index contributed by atoms with van der Waals surface area (Å²) in [5, 5.41) is 3.00. The van der Waals surface area contributed by atoms with Crippen LogP contribution in [0.1, 0.15) is 18.9 Å². The highest BCUT2D eigenvalue weighted by Gasteiger charge is 2.33. The van der Waals surface area contributed by atoms with Gasteiger partial charge in [0.1, 0.15) is 0 Å². The van der Waals surface area contributed by atoms with Crippen LogP contribution < -0.4 is 11.1 Å². The van der Waals surface area contributed by atoms with E-state index in [1.54, 1.807) is 0 Å². The minimum atomic E-state index is 0. The number of likely N-dealkylation sites (tertiary alicyclic amines) is 1. The second-order valence-corrected chi connectivity index (χ2v) is 7.61. The molecule has 1 aromatic rings. The van der Waals surface area contributed by atoms with Crippen LogP contribution in [0.4, 0.5) is 5.69 Å². The van der Waals surface area contributed by atoms with Crippen LogP contribution in [-0.2, 0) is 16.1 Å². The Balaban J connectivity index is 0.00000182. The molecule has 2 fully saturated rings. The minimum Gasteiger partial charge on any atom is -0.379 e. The summed E-state index contributed by atoms with van der Waals surface area (Å²) >= 11 is 0. The first-order valence-electron chi connectivity index (χ1n) is 9.18. The lowest BCUT2D eigenvalue weighted by Gasteiger charge is -2.26. The van der Waals surface area contributed by atoms with E-state index in [-0.39, 0.29) is 36.1 Å². The Hall–Kier alpha value is -0.890. The highest BCUT2D eigenvalue weighted by atomic mass is 35.5. The zero-order valence-electron chi connectivity index (χ0n) is 16.0. The van der Waals surface area contributed by atoms with Gasteiger partial charge in [0, 0.05) is 31.9 Å². The highest BCUT2D eigenvalue weighted by Crippen LogP contribution is 2.28. The molecule has 2 heterocycles. The number of nitrogens with zero attached hydrogens (tertiary/aromatic N) is 2. The molecule has 8 heteroatoms. The number of nitrogens with two attached hydrogens (primary N) is 1. The normalized spacial score (nSPS) is 23.3. The number of amides is 1. The summed E-state index contributed by atoms with van der Waals surface area (Å²) in [7, 11) is 0. The topological polar surface area (TPSA) is 70.8 Å². The molecule has 0 spiro atoms. The van der Waals surface area contributed by atoms with Crippen LogP contribution in [-0.4, -0.2) is 68.2 Å². The number of carbonyl (C=O) groups excluding carboxylic acids is 1. The summed E-state index contributed by atoms with van der Waals surface area (Å²) < 4.78 is 5.37. The lowest BCUT2D eigenvalue weighted by atomic mass is 9.90. The number of hydrogen-bond acceptors (Lipinski definition) is 5. The summed E-state index contributed by atoms with van der Waals surface area (Å²) in [6.45, 7) is 9.67. The molecule has 1 aromatic carbocycles. The third kappa shape index (κ3) is 7.22. The van der Waals surface area contributed by atoms with Crippen molar-refractivity contribution in [1.82, 2.24) is 9.80 Å². The number of anilines is 1. The van der Waals surface area contributed by atoms with Crippen LogP contribution in [0.15, 0.2) is 24.3 Å². The van der Waals surface area contributed by atoms with Gasteiger partial charge in [-0.15, -0.1) is 24.8 Å². The Labute approximate surface area is 174 Å². The second-order valence-electron chi connectivity index (χ2n) is 7.61. The molecule has 3 rings (SSSR count).